The van der Waals surface area contributed by atoms with Crippen molar-refractivity contribution in [2.24, 2.45) is 16.8 Å². The van der Waals surface area contributed by atoms with Crippen molar-refractivity contribution in [3.8, 4) is 0 Å². The van der Waals surface area contributed by atoms with E-state index in [1.54, 1.807) is 0 Å². The summed E-state index contributed by atoms with van der Waals surface area (Å²) >= 11 is 0. The lowest BCUT2D eigenvalue weighted by molar-refractivity contribution is -0.165. The molecule has 37 heavy (non-hydrogen) atoms. The van der Waals surface area contributed by atoms with Crippen LogP contribution in [-0.4, -0.2) is 63.3 Å². The Morgan fingerprint density at radius 3 is 2.51 bits per heavy atom. The van der Waals surface area contributed by atoms with E-state index in [0.717, 1.165) is 11.1 Å². The Hall–Kier alpha value is -3.68. The number of nitrogens with one attached hydrogen (secondary N) is 1. The highest BCUT2D eigenvalue weighted by molar-refractivity contribution is 6.30. The standard InChI is InChI=1S/C23H20F5N5O4/c24-11-7-14(25)20(29-8-11)33-9-13(21(36)31-18(10-1-2-10)23(26,27)28)17(35)12-3-4-16(30-19(12)33)32-6-5-15(34)22(32)37/h4,7-10,12,15,18,34H,1-3,5-6H2,(H,31,36)/t12?,15-,18?/m0/s1. The maximum atomic E-state index is 14.7. The lowest BCUT2D eigenvalue weighted by Gasteiger charge is -2.35. The largest absolute Gasteiger partial charge is 0.408 e. The molecular weight excluding hydrogens is 505 g/mol. The molecule has 2 unspecified atom stereocenters. The molecule has 196 valence electrons. The van der Waals surface area contributed by atoms with Crippen molar-refractivity contribution in [3.05, 3.63) is 47.6 Å². The molecule has 2 N–H and O–H groups in total. The first-order chi connectivity index (χ1) is 17.5. The van der Waals surface area contributed by atoms with Crippen LogP contribution in [0, 0.1) is 23.5 Å². The van der Waals surface area contributed by atoms with Gasteiger partial charge in [-0.2, -0.15) is 13.2 Å². The van der Waals surface area contributed by atoms with E-state index in [0.29, 0.717) is 12.3 Å². The molecule has 3 atom stereocenters. The summed E-state index contributed by atoms with van der Waals surface area (Å²) in [6.45, 7) is 0.133. The molecular formula is C23H20F5N5O4. The number of ketones is 1. The maximum Gasteiger partial charge on any atom is 0.408 e. The molecule has 14 heteroatoms. The zero-order chi connectivity index (χ0) is 26.6. The average Bonchev–Trinajstić information content (AvgIpc) is 3.61. The van der Waals surface area contributed by atoms with Crippen LogP contribution in [0.25, 0.3) is 0 Å². The highest BCUT2D eigenvalue weighted by Crippen LogP contribution is 2.40. The topological polar surface area (TPSA) is 115 Å². The number of Topliss-reactive ketones (excluding diaryl/α,β-unsaturated/α-hetero) is 1. The van der Waals surface area contributed by atoms with Gasteiger partial charge in [-0.25, -0.2) is 18.8 Å². The van der Waals surface area contributed by atoms with Gasteiger partial charge < -0.3 is 10.4 Å². The summed E-state index contributed by atoms with van der Waals surface area (Å²) in [4.78, 5) is 48.5. The van der Waals surface area contributed by atoms with E-state index in [1.807, 2.05) is 5.32 Å². The molecule has 9 nitrogen and oxygen atoms in total. The molecule has 3 aliphatic heterocycles. The Morgan fingerprint density at radius 2 is 1.92 bits per heavy atom. The lowest BCUT2D eigenvalue weighted by atomic mass is 9.87. The van der Waals surface area contributed by atoms with E-state index in [4.69, 9.17) is 0 Å². The van der Waals surface area contributed by atoms with Crippen molar-refractivity contribution in [3.63, 3.8) is 0 Å². The molecule has 4 aliphatic rings. The summed E-state index contributed by atoms with van der Waals surface area (Å²) in [5.41, 5.74) is -0.672. The van der Waals surface area contributed by atoms with E-state index in [9.17, 15) is 41.4 Å². The number of aliphatic hydroxyl groups is 1. The summed E-state index contributed by atoms with van der Waals surface area (Å²) in [7, 11) is 0. The minimum absolute atomic E-state index is 0.0697. The SMILES string of the molecule is O=C(NC(C1CC1)C(F)(F)F)C1=CN(c2ncc(F)cc2F)C2=NC(N3CC[C@H](O)C3=O)=CCC2C1=O. The van der Waals surface area contributed by atoms with Crippen LogP contribution in [0.2, 0.25) is 0 Å². The normalized spacial score (nSPS) is 24.9. The number of aliphatic imine (C=N–C) groups is 1. The molecule has 1 aliphatic carbocycles. The van der Waals surface area contributed by atoms with Gasteiger partial charge in [-0.05, 0) is 31.3 Å². The van der Waals surface area contributed by atoms with E-state index >= 15 is 0 Å². The zero-order valence-corrected chi connectivity index (χ0v) is 19.0. The van der Waals surface area contributed by atoms with Gasteiger partial charge in [-0.15, -0.1) is 0 Å². The van der Waals surface area contributed by atoms with E-state index < -0.39 is 70.8 Å². The van der Waals surface area contributed by atoms with Crippen LogP contribution in [0.3, 0.4) is 0 Å². The van der Waals surface area contributed by atoms with Crippen LogP contribution in [0.4, 0.5) is 27.8 Å². The number of allylic oxidation sites excluding steroid dienone is 1. The number of hydrogen-bond acceptors (Lipinski definition) is 7. The summed E-state index contributed by atoms with van der Waals surface area (Å²) in [6.07, 6.45) is -2.49. The number of amidine groups is 1. The summed E-state index contributed by atoms with van der Waals surface area (Å²) in [5, 5.41) is 11.7. The molecule has 1 saturated carbocycles. The predicted octanol–water partition coefficient (Wildman–Crippen LogP) is 1.94. The third kappa shape index (κ3) is 4.61. The van der Waals surface area contributed by atoms with Crippen LogP contribution in [-0.2, 0) is 14.4 Å². The van der Waals surface area contributed by atoms with Gasteiger partial charge in [0.05, 0.1) is 17.7 Å². The van der Waals surface area contributed by atoms with Crippen LogP contribution in [0.1, 0.15) is 25.7 Å². The fourth-order valence-electron chi connectivity index (χ4n) is 4.57. The predicted molar refractivity (Wildman–Crippen MR) is 116 cm³/mol. The molecule has 1 saturated heterocycles. The number of amides is 2. The number of alkyl halides is 3. The number of hydrogen-bond donors (Lipinski definition) is 2. The molecule has 1 aromatic rings. The minimum Gasteiger partial charge on any atom is -0.383 e. The number of carbonyl (C=O) groups is 3. The number of nitrogens with zero attached hydrogens (tertiary/aromatic N) is 4. The zero-order valence-electron chi connectivity index (χ0n) is 19.0. The maximum absolute atomic E-state index is 14.7. The van der Waals surface area contributed by atoms with Crippen molar-refractivity contribution < 1.29 is 41.4 Å². The first kappa shape index (κ1) is 25.0. The molecule has 0 aromatic carbocycles. The van der Waals surface area contributed by atoms with Gasteiger partial charge in [0.1, 0.15) is 29.6 Å². The van der Waals surface area contributed by atoms with E-state index in [2.05, 4.69) is 9.98 Å². The van der Waals surface area contributed by atoms with Gasteiger partial charge in [0.15, 0.2) is 17.4 Å². The first-order valence-electron chi connectivity index (χ1n) is 11.5. The number of halogens is 5. The number of likely N-dealkylation sites (tertiary alicyclic amines) is 1. The number of fused-ring (bicyclic) bond motifs is 1. The van der Waals surface area contributed by atoms with Gasteiger partial charge in [0, 0.05) is 25.2 Å². The van der Waals surface area contributed by atoms with Gasteiger partial charge in [0.25, 0.3) is 11.8 Å². The lowest BCUT2D eigenvalue weighted by Crippen LogP contribution is -2.51. The van der Waals surface area contributed by atoms with Gasteiger partial charge in [-0.1, -0.05) is 0 Å². The smallest absolute Gasteiger partial charge is 0.383 e. The van der Waals surface area contributed by atoms with Gasteiger partial charge in [0.2, 0.25) is 0 Å². The monoisotopic (exact) mass is 525 g/mol. The highest BCUT2D eigenvalue weighted by Gasteiger charge is 2.51. The number of anilines is 1. The Bertz CT molecular complexity index is 1270. The molecule has 0 bridgehead atoms. The molecule has 1 aromatic heterocycles. The summed E-state index contributed by atoms with van der Waals surface area (Å²) in [6, 6.07) is -1.64. The van der Waals surface area contributed by atoms with E-state index in [1.165, 1.54) is 11.0 Å². The Labute approximate surface area is 206 Å². The number of pyridine rings is 1. The van der Waals surface area contributed by atoms with Crippen LogP contribution < -0.4 is 10.2 Å². The third-order valence-electron chi connectivity index (χ3n) is 6.61. The number of aromatic nitrogens is 1. The second-order valence-electron chi connectivity index (χ2n) is 9.18. The second kappa shape index (κ2) is 9.01. The molecule has 2 fully saturated rings. The minimum atomic E-state index is -4.73. The van der Waals surface area contributed by atoms with Crippen LogP contribution in [0.15, 0.2) is 40.9 Å². The van der Waals surface area contributed by atoms with Crippen LogP contribution in [0.5, 0.6) is 0 Å². The van der Waals surface area contributed by atoms with Crippen molar-refractivity contribution in [1.29, 1.82) is 0 Å². The fraction of sp³-hybridized carbons (Fsp3) is 0.435. The van der Waals surface area contributed by atoms with Crippen molar-refractivity contribution in [2.75, 3.05) is 11.4 Å². The van der Waals surface area contributed by atoms with E-state index in [-0.39, 0.29) is 43.9 Å². The quantitative estimate of drug-likeness (QED) is 0.449. The van der Waals surface area contributed by atoms with Crippen molar-refractivity contribution in [1.82, 2.24) is 15.2 Å². The number of aliphatic hydroxyl groups excluding tert-OH is 1. The third-order valence-corrected chi connectivity index (χ3v) is 6.61. The molecule has 0 radical (unpaired) electrons. The fourth-order valence-corrected chi connectivity index (χ4v) is 4.57. The molecule has 2 amide bonds. The highest BCUT2D eigenvalue weighted by atomic mass is 19.4. The summed E-state index contributed by atoms with van der Waals surface area (Å²) < 4.78 is 68.7. The Balaban J connectivity index is 1.54. The molecule has 4 heterocycles. The first-order valence-corrected chi connectivity index (χ1v) is 11.5. The second-order valence-corrected chi connectivity index (χ2v) is 9.18. The van der Waals surface area contributed by atoms with Crippen LogP contribution >= 0.6 is 0 Å². The van der Waals surface area contributed by atoms with Crippen molar-refractivity contribution >= 4 is 29.3 Å². The van der Waals surface area contributed by atoms with Gasteiger partial charge in [-0.3, -0.25) is 24.2 Å². The molecule has 5 rings (SSSR count). The average molecular weight is 525 g/mol. The Kier molecular flexibility index (Phi) is 6.09. The number of carbonyl (C=O) groups excluding carboxylic acids is 3. The Morgan fingerprint density at radius 1 is 1.19 bits per heavy atom. The van der Waals surface area contributed by atoms with Crippen molar-refractivity contribution in [2.45, 2.75) is 44.0 Å². The molecule has 0 spiro atoms. The van der Waals surface area contributed by atoms with Gasteiger partial charge >= 0.3 is 6.18 Å². The summed E-state index contributed by atoms with van der Waals surface area (Å²) in [5.74, 6) is -7.60. The number of rotatable bonds is 5.